The molecule has 0 spiro atoms. The zero-order chi connectivity index (χ0) is 23.8. The molecule has 8 nitrogen and oxygen atoms in total. The van der Waals surface area contributed by atoms with Crippen molar-refractivity contribution >= 4 is 23.4 Å². The van der Waals surface area contributed by atoms with Crippen molar-refractivity contribution in [2.75, 3.05) is 23.0 Å². The number of aliphatic hydroxyl groups is 1. The lowest BCUT2D eigenvalue weighted by atomic mass is 9.94. The highest BCUT2D eigenvalue weighted by Gasteiger charge is 2.39. The van der Waals surface area contributed by atoms with Gasteiger partial charge in [-0.25, -0.2) is 13.6 Å². The molecule has 178 valence electrons. The Morgan fingerprint density at radius 2 is 1.94 bits per heavy atom. The maximum atomic E-state index is 13.5. The molecule has 0 radical (unpaired) electrons. The predicted octanol–water partition coefficient (Wildman–Crippen LogP) is 3.82. The van der Waals surface area contributed by atoms with Crippen LogP contribution in [0.25, 0.3) is 11.1 Å². The number of anilines is 2. The number of carbonyl (C=O) groups is 2. The molecule has 33 heavy (non-hydrogen) atoms. The van der Waals surface area contributed by atoms with Crippen LogP contribution in [0.4, 0.5) is 25.0 Å². The zero-order valence-corrected chi connectivity index (χ0v) is 18.7. The van der Waals surface area contributed by atoms with Crippen LogP contribution in [0, 0.1) is 0 Å². The van der Waals surface area contributed by atoms with Crippen LogP contribution in [0.15, 0.2) is 30.6 Å². The van der Waals surface area contributed by atoms with E-state index in [0.29, 0.717) is 17.9 Å². The molecule has 2 aromatic rings. The molecule has 0 unspecified atom stereocenters. The first kappa shape index (κ1) is 23.2. The number of fused-ring (bicyclic) bond motifs is 1. The Labute approximate surface area is 190 Å². The highest BCUT2D eigenvalue weighted by Crippen LogP contribution is 2.40. The molecule has 1 aliphatic heterocycles. The van der Waals surface area contributed by atoms with Crippen molar-refractivity contribution in [2.45, 2.75) is 64.1 Å². The third kappa shape index (κ3) is 4.85. The number of ether oxygens (including phenoxy) is 1. The van der Waals surface area contributed by atoms with E-state index in [1.54, 1.807) is 34.1 Å². The van der Waals surface area contributed by atoms with Crippen molar-refractivity contribution in [3.8, 4) is 11.1 Å². The van der Waals surface area contributed by atoms with Crippen molar-refractivity contribution in [3.05, 3.63) is 30.6 Å². The Kier molecular flexibility index (Phi) is 6.38. The van der Waals surface area contributed by atoms with Crippen LogP contribution >= 0.6 is 0 Å². The lowest BCUT2D eigenvalue weighted by Crippen LogP contribution is -2.52. The van der Waals surface area contributed by atoms with Crippen LogP contribution in [0.2, 0.25) is 0 Å². The summed E-state index contributed by atoms with van der Waals surface area (Å²) in [5.74, 6) is -2.85. The highest BCUT2D eigenvalue weighted by atomic mass is 19.3. The lowest BCUT2D eigenvalue weighted by Gasteiger charge is -2.41. The van der Waals surface area contributed by atoms with E-state index in [1.807, 2.05) is 13.0 Å². The van der Waals surface area contributed by atoms with Crippen LogP contribution in [0.1, 0.15) is 39.5 Å². The molecule has 0 saturated heterocycles. The number of aromatic nitrogens is 2. The topological polar surface area (TPSA) is 87.9 Å². The van der Waals surface area contributed by atoms with Gasteiger partial charge in [0.25, 0.3) is 0 Å². The first-order chi connectivity index (χ1) is 15.7. The summed E-state index contributed by atoms with van der Waals surface area (Å²) in [6.07, 6.45) is 1.96. The number of benzene rings is 1. The van der Waals surface area contributed by atoms with Crippen molar-refractivity contribution < 1.29 is 28.2 Å². The van der Waals surface area contributed by atoms with Gasteiger partial charge in [0.05, 0.1) is 36.8 Å². The van der Waals surface area contributed by atoms with Gasteiger partial charge < -0.3 is 14.7 Å². The number of rotatable bonds is 4. The standard InChI is InChI=1S/C23H28F2N4O4/c1-15-13-28(22(32)33-19-5-7-23(24,25)8-6-19)21-11-17(3-4-20(21)29(15)16(2)31)18-12-26-27(14-18)9-10-30/h3-4,11-12,14-15,19,30H,5-10,13H2,1-2H3/t15-/m0/s1. The number of amides is 2. The molecule has 2 amide bonds. The van der Waals surface area contributed by atoms with E-state index in [0.717, 1.165) is 11.1 Å². The van der Waals surface area contributed by atoms with Gasteiger partial charge in [-0.2, -0.15) is 5.10 Å². The summed E-state index contributed by atoms with van der Waals surface area (Å²) >= 11 is 0. The quantitative estimate of drug-likeness (QED) is 0.747. The zero-order valence-electron chi connectivity index (χ0n) is 18.7. The summed E-state index contributed by atoms with van der Waals surface area (Å²) in [6, 6.07) is 5.15. The Bertz CT molecular complexity index is 1030. The third-order valence-electron chi connectivity index (χ3n) is 6.20. The monoisotopic (exact) mass is 462 g/mol. The van der Waals surface area contributed by atoms with Gasteiger partial charge in [-0.3, -0.25) is 14.4 Å². The van der Waals surface area contributed by atoms with Crippen LogP contribution in [-0.2, 0) is 16.1 Å². The number of halogens is 2. The number of hydrogen-bond donors (Lipinski definition) is 1. The molecule has 1 fully saturated rings. The predicted molar refractivity (Wildman–Crippen MR) is 118 cm³/mol. The molecule has 0 bridgehead atoms. The summed E-state index contributed by atoms with van der Waals surface area (Å²) in [6.45, 7) is 3.87. The van der Waals surface area contributed by atoms with Gasteiger partial charge in [-0.1, -0.05) is 6.07 Å². The maximum absolute atomic E-state index is 13.5. The number of carbonyl (C=O) groups excluding carboxylic acids is 2. The largest absolute Gasteiger partial charge is 0.446 e. The molecular weight excluding hydrogens is 434 g/mol. The Morgan fingerprint density at radius 1 is 1.21 bits per heavy atom. The number of aliphatic hydroxyl groups excluding tert-OH is 1. The molecule has 1 N–H and O–H groups in total. The number of alkyl halides is 2. The molecule has 1 aromatic carbocycles. The van der Waals surface area contributed by atoms with E-state index < -0.39 is 18.1 Å². The van der Waals surface area contributed by atoms with Gasteiger partial charge in [-0.05, 0) is 37.5 Å². The minimum absolute atomic E-state index is 0.0382. The van der Waals surface area contributed by atoms with Crippen LogP contribution < -0.4 is 9.80 Å². The molecule has 2 heterocycles. The molecule has 1 aliphatic carbocycles. The van der Waals surface area contributed by atoms with Gasteiger partial charge >= 0.3 is 6.09 Å². The fraction of sp³-hybridized carbons (Fsp3) is 0.522. The molecule has 1 aromatic heterocycles. The second-order valence-corrected chi connectivity index (χ2v) is 8.71. The minimum atomic E-state index is -2.70. The van der Waals surface area contributed by atoms with Crippen molar-refractivity contribution in [1.29, 1.82) is 0 Å². The van der Waals surface area contributed by atoms with Gasteiger partial charge in [0, 0.05) is 38.1 Å². The third-order valence-corrected chi connectivity index (χ3v) is 6.20. The number of hydrogen-bond acceptors (Lipinski definition) is 5. The molecule has 4 rings (SSSR count). The number of nitrogens with zero attached hydrogens (tertiary/aromatic N) is 4. The second kappa shape index (κ2) is 9.09. The fourth-order valence-corrected chi connectivity index (χ4v) is 4.53. The fourth-order valence-electron chi connectivity index (χ4n) is 4.53. The smallest absolute Gasteiger partial charge is 0.414 e. The molecule has 10 heteroatoms. The second-order valence-electron chi connectivity index (χ2n) is 8.71. The van der Waals surface area contributed by atoms with Crippen LogP contribution in [0.5, 0.6) is 0 Å². The summed E-state index contributed by atoms with van der Waals surface area (Å²) in [5.41, 5.74) is 2.68. The van der Waals surface area contributed by atoms with E-state index in [2.05, 4.69) is 5.10 Å². The lowest BCUT2D eigenvalue weighted by molar-refractivity contribution is -0.117. The van der Waals surface area contributed by atoms with Gasteiger partial charge in [-0.15, -0.1) is 0 Å². The Morgan fingerprint density at radius 3 is 2.61 bits per heavy atom. The van der Waals surface area contributed by atoms with Crippen molar-refractivity contribution in [2.24, 2.45) is 0 Å². The van der Waals surface area contributed by atoms with Gasteiger partial charge in [0.1, 0.15) is 6.10 Å². The maximum Gasteiger partial charge on any atom is 0.414 e. The molecule has 1 saturated carbocycles. The van der Waals surface area contributed by atoms with E-state index in [-0.39, 0.29) is 50.8 Å². The van der Waals surface area contributed by atoms with Crippen molar-refractivity contribution in [3.63, 3.8) is 0 Å². The first-order valence-electron chi connectivity index (χ1n) is 11.1. The molecule has 1 atom stereocenters. The van der Waals surface area contributed by atoms with E-state index >= 15 is 0 Å². The highest BCUT2D eigenvalue weighted by molar-refractivity contribution is 6.03. The van der Waals surface area contributed by atoms with Crippen LogP contribution in [-0.4, -0.2) is 58.1 Å². The molecule has 2 aliphatic rings. The molecular formula is C23H28F2N4O4. The summed E-state index contributed by atoms with van der Waals surface area (Å²) < 4.78 is 34.2. The summed E-state index contributed by atoms with van der Waals surface area (Å²) in [5, 5.41) is 13.3. The minimum Gasteiger partial charge on any atom is -0.446 e. The summed E-state index contributed by atoms with van der Waals surface area (Å²) in [7, 11) is 0. The normalized spacial score (nSPS) is 20.5. The first-order valence-corrected chi connectivity index (χ1v) is 11.1. The average molecular weight is 462 g/mol. The van der Waals surface area contributed by atoms with Gasteiger partial charge in [0.2, 0.25) is 11.8 Å². The summed E-state index contributed by atoms with van der Waals surface area (Å²) in [4.78, 5) is 28.6. The Balaban J connectivity index is 1.63. The van der Waals surface area contributed by atoms with Crippen LogP contribution in [0.3, 0.4) is 0 Å². The van der Waals surface area contributed by atoms with E-state index in [1.165, 1.54) is 11.8 Å². The van der Waals surface area contributed by atoms with Crippen molar-refractivity contribution in [1.82, 2.24) is 9.78 Å². The average Bonchev–Trinajstić information content (AvgIpc) is 3.23. The van der Waals surface area contributed by atoms with Gasteiger partial charge in [0.15, 0.2) is 0 Å². The van der Waals surface area contributed by atoms with E-state index in [9.17, 15) is 18.4 Å². The SMILES string of the molecule is CC(=O)N1c2ccc(-c3cnn(CCO)c3)cc2N(C(=O)OC2CCC(F)(F)CC2)C[C@@H]1C. The Hall–Kier alpha value is -3.01. The van der Waals surface area contributed by atoms with E-state index in [4.69, 9.17) is 9.84 Å².